The molecule has 0 heterocycles. The van der Waals surface area contributed by atoms with Crippen LogP contribution in [-0.2, 0) is 0 Å². The zero-order chi connectivity index (χ0) is 11.4. The molecule has 1 aromatic rings. The molecule has 2 rings (SSSR count). The monoisotopic (exact) mass is 216 g/mol. The van der Waals surface area contributed by atoms with Gasteiger partial charge in [-0.15, -0.1) is 0 Å². The molecule has 0 bridgehead atoms. The predicted molar refractivity (Wildman–Crippen MR) is 68.0 cm³/mol. The maximum absolute atomic E-state index is 5.28. The summed E-state index contributed by atoms with van der Waals surface area (Å²) >= 11 is 0. The molecule has 0 aliphatic heterocycles. The molecule has 1 aliphatic carbocycles. The van der Waals surface area contributed by atoms with Gasteiger partial charge in [-0.25, -0.2) is 0 Å². The molecule has 1 nitrogen and oxygen atoms in total. The van der Waals surface area contributed by atoms with Gasteiger partial charge in [0.05, 0.1) is 7.11 Å². The van der Waals surface area contributed by atoms with Gasteiger partial charge in [0.25, 0.3) is 0 Å². The lowest BCUT2D eigenvalue weighted by molar-refractivity contribution is 0.412. The standard InChI is InChI=1S/C15H20O/c1-3-12-7-9-13(10-8-12)14-5-4-6-15(11-14)16-2/h3-6,11,13H,7-10H2,1-2H3. The van der Waals surface area contributed by atoms with Gasteiger partial charge in [-0.3, -0.25) is 0 Å². The van der Waals surface area contributed by atoms with Crippen LogP contribution in [0.5, 0.6) is 5.75 Å². The van der Waals surface area contributed by atoms with E-state index in [0.717, 1.165) is 11.7 Å². The molecule has 0 unspecified atom stereocenters. The van der Waals surface area contributed by atoms with E-state index < -0.39 is 0 Å². The summed E-state index contributed by atoms with van der Waals surface area (Å²) in [6.07, 6.45) is 7.37. The maximum atomic E-state index is 5.28. The average Bonchev–Trinajstić information content (AvgIpc) is 2.39. The van der Waals surface area contributed by atoms with Crippen molar-refractivity contribution >= 4 is 0 Å². The van der Waals surface area contributed by atoms with Gasteiger partial charge in [0.1, 0.15) is 5.75 Å². The lowest BCUT2D eigenvalue weighted by Gasteiger charge is -2.24. The van der Waals surface area contributed by atoms with Crippen LogP contribution in [0.4, 0.5) is 0 Å². The topological polar surface area (TPSA) is 9.23 Å². The van der Waals surface area contributed by atoms with Gasteiger partial charge in [0.2, 0.25) is 0 Å². The Hall–Kier alpha value is -1.24. The van der Waals surface area contributed by atoms with Crippen LogP contribution in [0.2, 0.25) is 0 Å². The number of benzene rings is 1. The molecule has 0 radical (unpaired) electrons. The molecule has 16 heavy (non-hydrogen) atoms. The fourth-order valence-electron chi connectivity index (χ4n) is 2.51. The Bertz CT molecular complexity index is 369. The van der Waals surface area contributed by atoms with Crippen molar-refractivity contribution in [1.29, 1.82) is 0 Å². The molecule has 1 fully saturated rings. The second-order valence-electron chi connectivity index (χ2n) is 4.50. The summed E-state index contributed by atoms with van der Waals surface area (Å²) in [5, 5.41) is 0. The second-order valence-corrected chi connectivity index (χ2v) is 4.50. The van der Waals surface area contributed by atoms with E-state index in [1.165, 1.54) is 31.2 Å². The molecule has 1 aromatic carbocycles. The smallest absolute Gasteiger partial charge is 0.119 e. The molecule has 1 saturated carbocycles. The fraction of sp³-hybridized carbons (Fsp3) is 0.467. The summed E-state index contributed by atoms with van der Waals surface area (Å²) in [5.74, 6) is 1.70. The summed E-state index contributed by atoms with van der Waals surface area (Å²) < 4.78 is 5.28. The van der Waals surface area contributed by atoms with Crippen LogP contribution in [0.1, 0.15) is 44.1 Å². The van der Waals surface area contributed by atoms with E-state index in [-0.39, 0.29) is 0 Å². The van der Waals surface area contributed by atoms with Gasteiger partial charge < -0.3 is 4.74 Å². The van der Waals surface area contributed by atoms with E-state index in [4.69, 9.17) is 4.74 Å². The second kappa shape index (κ2) is 5.20. The zero-order valence-electron chi connectivity index (χ0n) is 10.2. The number of hydrogen-bond donors (Lipinski definition) is 0. The van der Waals surface area contributed by atoms with E-state index >= 15 is 0 Å². The number of ether oxygens (including phenoxy) is 1. The Morgan fingerprint density at radius 1 is 1.25 bits per heavy atom. The van der Waals surface area contributed by atoms with Gasteiger partial charge in [0, 0.05) is 0 Å². The summed E-state index contributed by atoms with van der Waals surface area (Å²) in [6, 6.07) is 8.53. The quantitative estimate of drug-likeness (QED) is 0.670. The molecule has 0 spiro atoms. The molecule has 0 saturated heterocycles. The lowest BCUT2D eigenvalue weighted by Crippen LogP contribution is -2.06. The minimum Gasteiger partial charge on any atom is -0.497 e. The highest BCUT2D eigenvalue weighted by molar-refractivity contribution is 5.31. The highest BCUT2D eigenvalue weighted by atomic mass is 16.5. The minimum atomic E-state index is 0.721. The predicted octanol–water partition coefficient (Wildman–Crippen LogP) is 4.30. The summed E-state index contributed by atoms with van der Waals surface area (Å²) in [7, 11) is 1.73. The first-order valence-corrected chi connectivity index (χ1v) is 6.11. The van der Waals surface area contributed by atoms with Crippen molar-refractivity contribution < 1.29 is 4.74 Å². The molecule has 0 N–H and O–H groups in total. The Labute approximate surface area is 98.1 Å². The molecule has 1 heteroatoms. The molecule has 1 aliphatic rings. The summed E-state index contributed by atoms with van der Waals surface area (Å²) in [5.41, 5.74) is 3.06. The fourth-order valence-corrected chi connectivity index (χ4v) is 2.51. The van der Waals surface area contributed by atoms with E-state index in [1.807, 2.05) is 6.07 Å². The molecule has 0 aromatic heterocycles. The van der Waals surface area contributed by atoms with Crippen molar-refractivity contribution in [2.45, 2.75) is 38.5 Å². The van der Waals surface area contributed by atoms with Crippen molar-refractivity contribution in [3.05, 3.63) is 41.5 Å². The van der Waals surface area contributed by atoms with Gasteiger partial charge in [-0.05, 0) is 56.2 Å². The van der Waals surface area contributed by atoms with Crippen LogP contribution in [0.15, 0.2) is 35.9 Å². The number of hydrogen-bond acceptors (Lipinski definition) is 1. The van der Waals surface area contributed by atoms with Crippen LogP contribution >= 0.6 is 0 Å². The molecule has 86 valence electrons. The third-order valence-corrected chi connectivity index (χ3v) is 3.60. The third kappa shape index (κ3) is 2.46. The van der Waals surface area contributed by atoms with Gasteiger partial charge >= 0.3 is 0 Å². The Morgan fingerprint density at radius 2 is 2.00 bits per heavy atom. The number of methoxy groups -OCH3 is 1. The molecule has 0 amide bonds. The van der Waals surface area contributed by atoms with Crippen LogP contribution < -0.4 is 4.74 Å². The lowest BCUT2D eigenvalue weighted by atomic mass is 9.81. The number of rotatable bonds is 2. The van der Waals surface area contributed by atoms with Crippen molar-refractivity contribution in [3.63, 3.8) is 0 Å². The van der Waals surface area contributed by atoms with Crippen LogP contribution in [0, 0.1) is 0 Å². The average molecular weight is 216 g/mol. The molecular formula is C15H20O. The highest BCUT2D eigenvalue weighted by Crippen LogP contribution is 2.36. The van der Waals surface area contributed by atoms with Gasteiger partial charge in [0.15, 0.2) is 0 Å². The largest absolute Gasteiger partial charge is 0.497 e. The van der Waals surface area contributed by atoms with Crippen molar-refractivity contribution in [2.75, 3.05) is 7.11 Å². The maximum Gasteiger partial charge on any atom is 0.119 e. The van der Waals surface area contributed by atoms with Crippen molar-refractivity contribution in [2.24, 2.45) is 0 Å². The Kier molecular flexibility index (Phi) is 3.66. The van der Waals surface area contributed by atoms with Crippen LogP contribution in [0.3, 0.4) is 0 Å². The van der Waals surface area contributed by atoms with Crippen LogP contribution in [0.25, 0.3) is 0 Å². The summed E-state index contributed by atoms with van der Waals surface area (Å²) in [6.45, 7) is 2.15. The third-order valence-electron chi connectivity index (χ3n) is 3.60. The normalized spacial score (nSPS) is 20.6. The highest BCUT2D eigenvalue weighted by Gasteiger charge is 2.17. The first kappa shape index (κ1) is 11.3. The van der Waals surface area contributed by atoms with Gasteiger partial charge in [-0.2, -0.15) is 0 Å². The van der Waals surface area contributed by atoms with E-state index in [1.54, 1.807) is 12.7 Å². The van der Waals surface area contributed by atoms with Crippen molar-refractivity contribution in [3.8, 4) is 5.75 Å². The number of allylic oxidation sites excluding steroid dienone is 2. The van der Waals surface area contributed by atoms with E-state index in [0.29, 0.717) is 0 Å². The van der Waals surface area contributed by atoms with Crippen LogP contribution in [-0.4, -0.2) is 7.11 Å². The zero-order valence-corrected chi connectivity index (χ0v) is 10.2. The Morgan fingerprint density at radius 3 is 2.62 bits per heavy atom. The van der Waals surface area contributed by atoms with E-state index in [2.05, 4.69) is 31.2 Å². The SMILES string of the molecule is CC=C1CCC(c2cccc(OC)c2)CC1. The minimum absolute atomic E-state index is 0.721. The molecular weight excluding hydrogens is 196 g/mol. The Balaban J connectivity index is 2.07. The molecule has 0 atom stereocenters. The first-order chi connectivity index (χ1) is 7.83. The van der Waals surface area contributed by atoms with Crippen molar-refractivity contribution in [1.82, 2.24) is 0 Å². The van der Waals surface area contributed by atoms with Gasteiger partial charge in [-0.1, -0.05) is 23.8 Å². The summed E-state index contributed by atoms with van der Waals surface area (Å²) in [4.78, 5) is 0. The van der Waals surface area contributed by atoms with E-state index in [9.17, 15) is 0 Å². The first-order valence-electron chi connectivity index (χ1n) is 6.11.